The van der Waals surface area contributed by atoms with E-state index in [0.717, 1.165) is 16.2 Å². The topological polar surface area (TPSA) is 90.1 Å². The van der Waals surface area contributed by atoms with E-state index in [-0.39, 0.29) is 34.8 Å². The molecule has 0 aliphatic rings. The Morgan fingerprint density at radius 2 is 1.82 bits per heavy atom. The Hall–Kier alpha value is -3.55. The van der Waals surface area contributed by atoms with Crippen molar-refractivity contribution < 1.29 is 23.5 Å². The number of nitrogens with zero attached hydrogens (tertiary/aromatic N) is 1. The van der Waals surface area contributed by atoms with Gasteiger partial charge in [-0.25, -0.2) is 10.2 Å². The highest BCUT2D eigenvalue weighted by atomic mass is 35.5. The van der Waals surface area contributed by atoms with Gasteiger partial charge in [-0.15, -0.1) is 0 Å². The molecule has 0 fully saturated rings. The van der Waals surface area contributed by atoms with E-state index in [0.29, 0.717) is 11.1 Å². The molecule has 1 N–H and O–H groups in total. The molecule has 168 valence electrons. The minimum absolute atomic E-state index is 0.136. The number of ether oxygens (including phenoxy) is 2. The summed E-state index contributed by atoms with van der Waals surface area (Å²) < 4.78 is 15.8. The summed E-state index contributed by atoms with van der Waals surface area (Å²) in [4.78, 5) is 23.9. The molecule has 0 aliphatic heterocycles. The highest BCUT2D eigenvalue weighted by Gasteiger charge is 2.14. The summed E-state index contributed by atoms with van der Waals surface area (Å²) in [7, 11) is 0. The molecule has 1 heterocycles. The van der Waals surface area contributed by atoms with Crippen LogP contribution in [0.4, 0.5) is 0 Å². The van der Waals surface area contributed by atoms with Crippen LogP contribution in [0.5, 0.6) is 5.75 Å². The molecular formula is C24H18Cl2N2O5. The van der Waals surface area contributed by atoms with E-state index in [2.05, 4.69) is 10.5 Å². The lowest BCUT2D eigenvalue weighted by atomic mass is 10.1. The second-order valence-corrected chi connectivity index (χ2v) is 7.73. The van der Waals surface area contributed by atoms with Crippen LogP contribution < -0.4 is 10.2 Å². The molecule has 9 heteroatoms. The first-order chi connectivity index (χ1) is 16.0. The fourth-order valence-electron chi connectivity index (χ4n) is 3.25. The second kappa shape index (κ2) is 9.94. The molecule has 1 aromatic heterocycles. The standard InChI is InChI=1S/C24H18Cl2N2O5/c1-2-31-22(29)13-32-23-18(25)9-14(10-19(23)26)12-27-28-24(30)21-11-17-16-6-4-3-5-15(16)7-8-20(17)33-21/h3-12H,2,13H2,1H3,(H,28,30)/b27-12+. The predicted molar refractivity (Wildman–Crippen MR) is 127 cm³/mol. The normalized spacial score (nSPS) is 11.2. The van der Waals surface area contributed by atoms with Crippen LogP contribution in [0.1, 0.15) is 23.0 Å². The molecule has 0 radical (unpaired) electrons. The van der Waals surface area contributed by atoms with Gasteiger partial charge in [-0.2, -0.15) is 5.10 Å². The van der Waals surface area contributed by atoms with Crippen LogP contribution in [0.3, 0.4) is 0 Å². The zero-order chi connectivity index (χ0) is 23.4. The molecule has 0 aliphatic carbocycles. The Morgan fingerprint density at radius 1 is 1.06 bits per heavy atom. The Labute approximate surface area is 198 Å². The molecule has 3 aromatic carbocycles. The van der Waals surface area contributed by atoms with Crippen molar-refractivity contribution >= 4 is 63.0 Å². The van der Waals surface area contributed by atoms with Crippen LogP contribution >= 0.6 is 23.2 Å². The first-order valence-corrected chi connectivity index (χ1v) is 10.7. The van der Waals surface area contributed by atoms with Crippen molar-refractivity contribution in [3.63, 3.8) is 0 Å². The van der Waals surface area contributed by atoms with Crippen LogP contribution in [-0.2, 0) is 9.53 Å². The molecule has 0 bridgehead atoms. The quantitative estimate of drug-likeness (QED) is 0.209. The van der Waals surface area contributed by atoms with Gasteiger partial charge in [0.15, 0.2) is 18.1 Å². The maximum Gasteiger partial charge on any atom is 0.344 e. The number of nitrogens with one attached hydrogen (secondary N) is 1. The summed E-state index contributed by atoms with van der Waals surface area (Å²) >= 11 is 12.4. The van der Waals surface area contributed by atoms with Gasteiger partial charge < -0.3 is 13.9 Å². The lowest BCUT2D eigenvalue weighted by Gasteiger charge is -2.10. The van der Waals surface area contributed by atoms with E-state index in [9.17, 15) is 9.59 Å². The van der Waals surface area contributed by atoms with Crippen molar-refractivity contribution in [3.05, 3.63) is 76.0 Å². The van der Waals surface area contributed by atoms with Crippen molar-refractivity contribution in [2.45, 2.75) is 6.92 Å². The van der Waals surface area contributed by atoms with Crippen molar-refractivity contribution in [1.29, 1.82) is 0 Å². The maximum atomic E-state index is 12.5. The van der Waals surface area contributed by atoms with Gasteiger partial charge in [0.05, 0.1) is 22.9 Å². The van der Waals surface area contributed by atoms with E-state index >= 15 is 0 Å². The van der Waals surface area contributed by atoms with Gasteiger partial charge in [-0.3, -0.25) is 4.79 Å². The summed E-state index contributed by atoms with van der Waals surface area (Å²) in [6.07, 6.45) is 1.38. The first kappa shape index (κ1) is 22.6. The molecule has 0 atom stereocenters. The Morgan fingerprint density at radius 3 is 2.58 bits per heavy atom. The number of hydrazone groups is 1. The van der Waals surface area contributed by atoms with Gasteiger partial charge in [0.2, 0.25) is 0 Å². The van der Waals surface area contributed by atoms with Crippen molar-refractivity contribution in [2.75, 3.05) is 13.2 Å². The smallest absolute Gasteiger partial charge is 0.344 e. The third-order valence-corrected chi connectivity index (χ3v) is 5.25. The van der Waals surface area contributed by atoms with Gasteiger partial charge in [0, 0.05) is 5.39 Å². The number of fused-ring (bicyclic) bond motifs is 3. The van der Waals surface area contributed by atoms with E-state index in [4.69, 9.17) is 37.1 Å². The number of amides is 1. The number of carbonyl (C=O) groups excluding carboxylic acids is 2. The second-order valence-electron chi connectivity index (χ2n) is 6.92. The summed E-state index contributed by atoms with van der Waals surface area (Å²) in [6, 6.07) is 16.4. The maximum absolute atomic E-state index is 12.5. The minimum atomic E-state index is -0.531. The Balaban J connectivity index is 1.45. The number of carbonyl (C=O) groups is 2. The first-order valence-electron chi connectivity index (χ1n) is 9.98. The zero-order valence-corrected chi connectivity index (χ0v) is 18.9. The number of benzene rings is 3. The number of hydrogen-bond acceptors (Lipinski definition) is 6. The highest BCUT2D eigenvalue weighted by molar-refractivity contribution is 6.37. The van der Waals surface area contributed by atoms with Gasteiger partial charge in [0.1, 0.15) is 5.58 Å². The SMILES string of the molecule is CCOC(=O)COc1c(Cl)cc(/C=N/NC(=O)c2cc3c(ccc4ccccc43)o2)cc1Cl. The van der Waals surface area contributed by atoms with Crippen molar-refractivity contribution in [3.8, 4) is 5.75 Å². The van der Waals surface area contributed by atoms with Gasteiger partial charge in [0.25, 0.3) is 0 Å². The lowest BCUT2D eigenvalue weighted by Crippen LogP contribution is -2.16. The number of hydrogen-bond donors (Lipinski definition) is 1. The minimum Gasteiger partial charge on any atom is -0.479 e. The van der Waals surface area contributed by atoms with E-state index in [1.54, 1.807) is 13.0 Å². The number of halogens is 2. The van der Waals surface area contributed by atoms with E-state index in [1.807, 2.05) is 36.4 Å². The number of esters is 1. The van der Waals surface area contributed by atoms with E-state index in [1.165, 1.54) is 18.3 Å². The molecule has 0 spiro atoms. The fourth-order valence-corrected chi connectivity index (χ4v) is 3.86. The molecule has 0 unspecified atom stereocenters. The Kier molecular flexibility index (Phi) is 6.82. The van der Waals surface area contributed by atoms with Gasteiger partial charge in [-0.1, -0.05) is 53.5 Å². The monoisotopic (exact) mass is 484 g/mol. The highest BCUT2D eigenvalue weighted by Crippen LogP contribution is 2.34. The molecule has 1 amide bonds. The van der Waals surface area contributed by atoms with Crippen LogP contribution in [0.15, 0.2) is 64.1 Å². The largest absolute Gasteiger partial charge is 0.479 e. The van der Waals surface area contributed by atoms with Crippen LogP contribution in [-0.4, -0.2) is 31.3 Å². The van der Waals surface area contributed by atoms with Crippen LogP contribution in [0, 0.1) is 0 Å². The predicted octanol–water partition coefficient (Wildman–Crippen LogP) is 5.60. The average molecular weight is 485 g/mol. The van der Waals surface area contributed by atoms with Crippen LogP contribution in [0.25, 0.3) is 21.7 Å². The van der Waals surface area contributed by atoms with Gasteiger partial charge >= 0.3 is 11.9 Å². The van der Waals surface area contributed by atoms with Crippen molar-refractivity contribution in [2.24, 2.45) is 5.10 Å². The number of furan rings is 1. The summed E-state index contributed by atoms with van der Waals surface area (Å²) in [5.41, 5.74) is 3.55. The molecule has 4 rings (SSSR count). The summed E-state index contributed by atoms with van der Waals surface area (Å²) in [6.45, 7) is 1.62. The fraction of sp³-hybridized carbons (Fsp3) is 0.125. The molecule has 0 saturated carbocycles. The van der Waals surface area contributed by atoms with Gasteiger partial charge in [-0.05, 0) is 47.5 Å². The van der Waals surface area contributed by atoms with Crippen molar-refractivity contribution in [1.82, 2.24) is 5.43 Å². The molecule has 0 saturated heterocycles. The zero-order valence-electron chi connectivity index (χ0n) is 17.4. The molecule has 33 heavy (non-hydrogen) atoms. The molecule has 4 aromatic rings. The van der Waals surface area contributed by atoms with Crippen LogP contribution in [0.2, 0.25) is 10.0 Å². The third kappa shape index (κ3) is 5.10. The summed E-state index contributed by atoms with van der Waals surface area (Å²) in [5.74, 6) is -0.742. The Bertz CT molecular complexity index is 1360. The molecule has 7 nitrogen and oxygen atoms in total. The molecular weight excluding hydrogens is 467 g/mol. The lowest BCUT2D eigenvalue weighted by molar-refractivity contribution is -0.145. The summed E-state index contributed by atoms with van der Waals surface area (Å²) in [5, 5.41) is 7.21. The van der Waals surface area contributed by atoms with E-state index < -0.39 is 11.9 Å². The number of rotatable bonds is 7. The third-order valence-electron chi connectivity index (χ3n) is 4.69. The average Bonchev–Trinajstić information content (AvgIpc) is 3.24.